The summed E-state index contributed by atoms with van der Waals surface area (Å²) in [6, 6.07) is 2.93. The summed E-state index contributed by atoms with van der Waals surface area (Å²) in [6.45, 7) is 5.93. The first-order chi connectivity index (χ1) is 8.29. The summed E-state index contributed by atoms with van der Waals surface area (Å²) in [4.78, 5) is 14.8. The van der Waals surface area contributed by atoms with E-state index in [0.29, 0.717) is 5.65 Å². The van der Waals surface area contributed by atoms with E-state index in [2.05, 4.69) is 4.98 Å². The van der Waals surface area contributed by atoms with Crippen LogP contribution in [-0.2, 0) is 5.41 Å². The van der Waals surface area contributed by atoms with Gasteiger partial charge in [-0.2, -0.15) is 4.39 Å². The zero-order chi connectivity index (χ0) is 13.5. The topological polar surface area (TPSA) is 66.6 Å². The number of rotatable bonds is 1. The van der Waals surface area contributed by atoms with Gasteiger partial charge in [-0.3, -0.25) is 9.72 Å². The number of hydrogen-bond donors (Lipinski definition) is 2. The SMILES string of the molecule is CC(C)(C)c1cn2c(F)c(NC(=O)O)ccc2n1. The minimum atomic E-state index is -1.30. The van der Waals surface area contributed by atoms with Gasteiger partial charge in [0, 0.05) is 11.6 Å². The van der Waals surface area contributed by atoms with Crippen LogP contribution in [-0.4, -0.2) is 20.6 Å². The molecule has 0 fully saturated rings. The molecule has 0 aromatic carbocycles. The minimum Gasteiger partial charge on any atom is -0.465 e. The van der Waals surface area contributed by atoms with Gasteiger partial charge in [0.15, 0.2) is 0 Å². The van der Waals surface area contributed by atoms with Crippen molar-refractivity contribution in [3.63, 3.8) is 0 Å². The van der Waals surface area contributed by atoms with Gasteiger partial charge >= 0.3 is 6.09 Å². The highest BCUT2D eigenvalue weighted by molar-refractivity contribution is 5.83. The van der Waals surface area contributed by atoms with Crippen LogP contribution in [0, 0.1) is 5.95 Å². The molecule has 18 heavy (non-hydrogen) atoms. The molecule has 2 N–H and O–H groups in total. The monoisotopic (exact) mass is 251 g/mol. The molecule has 1 amide bonds. The van der Waals surface area contributed by atoms with Gasteiger partial charge in [0.1, 0.15) is 5.65 Å². The predicted molar refractivity (Wildman–Crippen MR) is 65.5 cm³/mol. The minimum absolute atomic E-state index is 0.0899. The zero-order valence-corrected chi connectivity index (χ0v) is 10.4. The second kappa shape index (κ2) is 3.97. The first-order valence-corrected chi connectivity index (χ1v) is 5.47. The number of nitrogens with zero attached hydrogens (tertiary/aromatic N) is 2. The Morgan fingerprint density at radius 1 is 1.44 bits per heavy atom. The maximum absolute atomic E-state index is 14.0. The number of nitrogens with one attached hydrogen (secondary N) is 1. The van der Waals surface area contributed by atoms with Crippen molar-refractivity contribution < 1.29 is 14.3 Å². The molecular formula is C12H14FN3O2. The molecule has 5 nitrogen and oxygen atoms in total. The average Bonchev–Trinajstić information content (AvgIpc) is 2.66. The summed E-state index contributed by atoms with van der Waals surface area (Å²) in [5.74, 6) is -0.669. The van der Waals surface area contributed by atoms with Gasteiger partial charge in [0.25, 0.3) is 0 Å². The Hall–Kier alpha value is -2.11. The molecule has 0 bridgehead atoms. The molecule has 0 atom stereocenters. The highest BCUT2D eigenvalue weighted by Gasteiger charge is 2.19. The van der Waals surface area contributed by atoms with E-state index < -0.39 is 12.0 Å². The van der Waals surface area contributed by atoms with Gasteiger partial charge in [-0.15, -0.1) is 0 Å². The Morgan fingerprint density at radius 2 is 2.11 bits per heavy atom. The molecule has 0 aliphatic heterocycles. The molecule has 0 saturated heterocycles. The Kier molecular flexibility index (Phi) is 2.73. The van der Waals surface area contributed by atoms with Gasteiger partial charge in [0.05, 0.1) is 11.4 Å². The Balaban J connectivity index is 2.57. The summed E-state index contributed by atoms with van der Waals surface area (Å²) in [5, 5.41) is 10.6. The fourth-order valence-corrected chi connectivity index (χ4v) is 1.60. The molecular weight excluding hydrogens is 237 g/mol. The Labute approximate surface area is 103 Å². The van der Waals surface area contributed by atoms with Gasteiger partial charge in [0.2, 0.25) is 5.95 Å². The van der Waals surface area contributed by atoms with Gasteiger partial charge in [-0.25, -0.2) is 9.78 Å². The number of carboxylic acid groups (broad SMARTS) is 1. The lowest BCUT2D eigenvalue weighted by Crippen LogP contribution is -2.11. The number of amides is 1. The highest BCUT2D eigenvalue weighted by Crippen LogP contribution is 2.24. The van der Waals surface area contributed by atoms with Crippen LogP contribution in [0.1, 0.15) is 26.5 Å². The van der Waals surface area contributed by atoms with E-state index in [0.717, 1.165) is 5.69 Å². The van der Waals surface area contributed by atoms with Crippen LogP contribution in [0.4, 0.5) is 14.9 Å². The first-order valence-electron chi connectivity index (χ1n) is 5.47. The van der Waals surface area contributed by atoms with Crippen molar-refractivity contribution in [3.05, 3.63) is 30.0 Å². The van der Waals surface area contributed by atoms with E-state index in [1.807, 2.05) is 26.1 Å². The number of halogens is 1. The number of pyridine rings is 1. The number of imidazole rings is 1. The van der Waals surface area contributed by atoms with Crippen molar-refractivity contribution >= 4 is 17.4 Å². The fraction of sp³-hybridized carbons (Fsp3) is 0.333. The van der Waals surface area contributed by atoms with Crippen LogP contribution >= 0.6 is 0 Å². The van der Waals surface area contributed by atoms with Crippen molar-refractivity contribution in [1.82, 2.24) is 9.38 Å². The molecule has 6 heteroatoms. The summed E-state index contributed by atoms with van der Waals surface area (Å²) >= 11 is 0. The third-order valence-corrected chi connectivity index (χ3v) is 2.58. The van der Waals surface area contributed by atoms with Crippen LogP contribution < -0.4 is 5.32 Å². The highest BCUT2D eigenvalue weighted by atomic mass is 19.1. The molecule has 96 valence electrons. The van der Waals surface area contributed by atoms with Crippen LogP contribution in [0.25, 0.3) is 5.65 Å². The Bertz CT molecular complexity index is 614. The first kappa shape index (κ1) is 12.3. The smallest absolute Gasteiger partial charge is 0.409 e. The lowest BCUT2D eigenvalue weighted by atomic mass is 9.93. The van der Waals surface area contributed by atoms with Crippen molar-refractivity contribution in [3.8, 4) is 0 Å². The van der Waals surface area contributed by atoms with E-state index in [9.17, 15) is 9.18 Å². The number of aromatic nitrogens is 2. The van der Waals surface area contributed by atoms with Crippen molar-refractivity contribution in [2.45, 2.75) is 26.2 Å². The standard InChI is InChI=1S/C12H14FN3O2/c1-12(2,3)8-6-16-9(15-8)5-4-7(10(16)13)14-11(17)18/h4-6,14H,1-3H3,(H,17,18). The van der Waals surface area contributed by atoms with Crippen molar-refractivity contribution in [1.29, 1.82) is 0 Å². The lowest BCUT2D eigenvalue weighted by Gasteiger charge is -2.13. The molecule has 0 radical (unpaired) electrons. The average molecular weight is 251 g/mol. The van der Waals surface area contributed by atoms with Gasteiger partial charge in [-0.05, 0) is 12.1 Å². The summed E-state index contributed by atoms with van der Waals surface area (Å²) < 4.78 is 15.3. The van der Waals surface area contributed by atoms with E-state index in [-0.39, 0.29) is 11.1 Å². The normalized spacial score (nSPS) is 11.8. The molecule has 2 rings (SSSR count). The zero-order valence-electron chi connectivity index (χ0n) is 10.4. The van der Waals surface area contributed by atoms with Gasteiger partial charge < -0.3 is 5.11 Å². The summed E-state index contributed by atoms with van der Waals surface area (Å²) in [7, 11) is 0. The van der Waals surface area contributed by atoms with E-state index in [1.54, 1.807) is 12.3 Å². The quantitative estimate of drug-likeness (QED) is 0.766. The Morgan fingerprint density at radius 3 is 2.67 bits per heavy atom. The molecule has 0 aliphatic carbocycles. The number of anilines is 1. The largest absolute Gasteiger partial charge is 0.465 e. The van der Waals surface area contributed by atoms with E-state index >= 15 is 0 Å². The number of fused-ring (bicyclic) bond motifs is 1. The van der Waals surface area contributed by atoms with Crippen LogP contribution in [0.3, 0.4) is 0 Å². The third kappa shape index (κ3) is 2.13. The second-order valence-corrected chi connectivity index (χ2v) is 5.07. The molecule has 0 unspecified atom stereocenters. The van der Waals surface area contributed by atoms with Crippen LogP contribution in [0.15, 0.2) is 18.3 Å². The lowest BCUT2D eigenvalue weighted by molar-refractivity contribution is 0.209. The van der Waals surface area contributed by atoms with Crippen LogP contribution in [0.5, 0.6) is 0 Å². The molecule has 0 saturated carbocycles. The summed E-state index contributed by atoms with van der Waals surface area (Å²) in [6.07, 6.45) is 0.280. The fourth-order valence-electron chi connectivity index (χ4n) is 1.60. The predicted octanol–water partition coefficient (Wildman–Crippen LogP) is 2.86. The second-order valence-electron chi connectivity index (χ2n) is 5.07. The summed E-state index contributed by atoms with van der Waals surface area (Å²) in [5.41, 5.74) is 0.911. The number of hydrogen-bond acceptors (Lipinski definition) is 2. The molecule has 2 heterocycles. The van der Waals surface area contributed by atoms with Crippen LogP contribution in [0.2, 0.25) is 0 Å². The number of carbonyl (C=O) groups is 1. The van der Waals surface area contributed by atoms with Crippen molar-refractivity contribution in [2.75, 3.05) is 5.32 Å². The van der Waals surface area contributed by atoms with Crippen molar-refractivity contribution in [2.24, 2.45) is 0 Å². The maximum Gasteiger partial charge on any atom is 0.409 e. The van der Waals surface area contributed by atoms with E-state index in [4.69, 9.17) is 5.11 Å². The maximum atomic E-state index is 14.0. The van der Waals surface area contributed by atoms with Gasteiger partial charge in [-0.1, -0.05) is 20.8 Å². The molecule has 0 spiro atoms. The molecule has 2 aromatic rings. The molecule has 2 aromatic heterocycles. The third-order valence-electron chi connectivity index (χ3n) is 2.58. The molecule has 0 aliphatic rings. The van der Waals surface area contributed by atoms with E-state index in [1.165, 1.54) is 10.5 Å².